The highest BCUT2D eigenvalue weighted by Crippen LogP contribution is 2.69. The number of nitrogens with zero attached hydrogens (tertiary/aromatic N) is 3. The molecular weight excluding hydrogens is 1300 g/mol. The van der Waals surface area contributed by atoms with Gasteiger partial charge in [-0.3, -0.25) is 19.2 Å². The monoisotopic (exact) mass is 1410 g/mol. The Labute approximate surface area is 584 Å². The standard InChI is InChI=1S/C71H106N6O21S/c1-41(2)15-22-53(80)42(3)71(87)57(36-51-49-21-18-45-35-47(79)23-25-69(45,5)50(49)24-26-70(51,71)6)96-67-64(94-43(4)78)62(54(81)38-92-67)98-66-63(97-65(85)44-16-19-48(88-7)20-17-44)61(84)55(39-93-66)95-59(83)14-10-11-46-37-77(76-75-46)28-30-90-32-34-91-33-31-89-29-27-72-58(82)13-9-8-12-56-60-52(40-99-56)73-68(86)74-60/h16-20,37,41-42,47,49-52,54-57,60-64,66-67,79,81,84,87H,8-15,21-36,38-40H2,1-7H3,(H,72,82)(H2,73,74,86)/t42-,47+,49-,50+,51+,52+,54+,55-,56+,57+,60+,61+,62+,63-,64-,66+,67+,69+,70+,71-/m1/s1. The van der Waals surface area contributed by atoms with Gasteiger partial charge in [0.15, 0.2) is 30.9 Å². The van der Waals surface area contributed by atoms with Crippen LogP contribution < -0.4 is 20.7 Å². The number of benzene rings is 1. The number of aromatic nitrogens is 3. The third-order valence-electron chi connectivity index (χ3n) is 22.3. The topological polar surface area (TPSA) is 352 Å². The van der Waals surface area contributed by atoms with E-state index in [1.165, 1.54) is 31.7 Å². The summed E-state index contributed by atoms with van der Waals surface area (Å²) in [5.41, 5.74) is -0.696. The first-order chi connectivity index (χ1) is 47.5. The van der Waals surface area contributed by atoms with Gasteiger partial charge in [-0.1, -0.05) is 57.9 Å². The third kappa shape index (κ3) is 18.3. The molecule has 1 aromatic heterocycles. The zero-order valence-corrected chi connectivity index (χ0v) is 59.2. The van der Waals surface area contributed by atoms with E-state index in [-0.39, 0.29) is 83.4 Å². The molecule has 3 saturated carbocycles. The summed E-state index contributed by atoms with van der Waals surface area (Å²) in [6.45, 7) is 13.6. The Morgan fingerprint density at radius 2 is 1.57 bits per heavy atom. The van der Waals surface area contributed by atoms with Gasteiger partial charge in [-0.15, -0.1) is 5.10 Å². The number of carbonyl (C=O) groups excluding carboxylic acids is 6. The Bertz CT molecular complexity index is 3070. The van der Waals surface area contributed by atoms with Gasteiger partial charge in [-0.05, 0) is 130 Å². The molecule has 5 heterocycles. The van der Waals surface area contributed by atoms with Gasteiger partial charge < -0.3 is 88.5 Å². The maximum atomic E-state index is 14.4. The number of urea groups is 1. The highest BCUT2D eigenvalue weighted by Gasteiger charge is 2.71. The zero-order chi connectivity index (χ0) is 70.6. The molecule has 552 valence electrons. The number of aryl methyl sites for hydroxylation is 1. The summed E-state index contributed by atoms with van der Waals surface area (Å²) in [6, 6.07) is 6.30. The second-order valence-electron chi connectivity index (χ2n) is 29.1. The number of carbonyl (C=O) groups is 6. The first-order valence-corrected chi connectivity index (χ1v) is 36.9. The summed E-state index contributed by atoms with van der Waals surface area (Å²) in [7, 11) is 1.47. The number of amides is 3. The van der Waals surface area contributed by atoms with Crippen molar-refractivity contribution in [1.29, 1.82) is 0 Å². The summed E-state index contributed by atoms with van der Waals surface area (Å²) in [5.74, 6) is -1.47. The molecule has 7 fully saturated rings. The molecule has 28 heteroatoms. The van der Waals surface area contributed by atoms with Gasteiger partial charge in [-0.2, -0.15) is 11.8 Å². The molecule has 10 rings (SSSR count). The van der Waals surface area contributed by atoms with E-state index < -0.39 is 103 Å². The molecule has 2 aromatic rings. The zero-order valence-electron chi connectivity index (χ0n) is 58.4. The van der Waals surface area contributed by atoms with Crippen molar-refractivity contribution >= 4 is 47.4 Å². The van der Waals surface area contributed by atoms with Gasteiger partial charge in [0.25, 0.3) is 0 Å². The number of ketones is 1. The predicted molar refractivity (Wildman–Crippen MR) is 358 cm³/mol. The van der Waals surface area contributed by atoms with E-state index in [2.05, 4.69) is 46.2 Å². The van der Waals surface area contributed by atoms with Crippen molar-refractivity contribution in [2.24, 2.45) is 40.4 Å². The van der Waals surface area contributed by atoms with Crippen LogP contribution in [0.1, 0.15) is 154 Å². The van der Waals surface area contributed by atoms with Crippen molar-refractivity contribution in [3.05, 3.63) is 53.4 Å². The number of unbranched alkanes of at least 4 members (excludes halogenated alkanes) is 1. The predicted octanol–water partition coefficient (Wildman–Crippen LogP) is 5.08. The minimum absolute atomic E-state index is 0.00570. The van der Waals surface area contributed by atoms with Crippen molar-refractivity contribution in [1.82, 2.24) is 30.9 Å². The van der Waals surface area contributed by atoms with Gasteiger partial charge in [0.1, 0.15) is 35.4 Å². The number of rotatable bonds is 35. The summed E-state index contributed by atoms with van der Waals surface area (Å²) in [5, 5.41) is 66.0. The fourth-order valence-electron chi connectivity index (χ4n) is 16.7. The molecule has 0 bridgehead atoms. The number of ether oxygens (including phenoxy) is 11. The average Bonchev–Trinajstić information content (AvgIpc) is 1.57. The van der Waals surface area contributed by atoms with Crippen LogP contribution in [0.25, 0.3) is 0 Å². The lowest BCUT2D eigenvalue weighted by atomic mass is 9.46. The number of thioether (sulfide) groups is 1. The fraction of sp³-hybridized carbons (Fsp3) is 0.775. The van der Waals surface area contributed by atoms with Crippen LogP contribution in [0.15, 0.2) is 42.1 Å². The Morgan fingerprint density at radius 3 is 2.31 bits per heavy atom. The van der Waals surface area contributed by atoms with Crippen molar-refractivity contribution in [2.45, 2.75) is 235 Å². The summed E-state index contributed by atoms with van der Waals surface area (Å²) in [6.07, 6.45) is -0.658. The van der Waals surface area contributed by atoms with Gasteiger partial charge in [0.05, 0.1) is 102 Å². The number of methoxy groups -OCH3 is 1. The maximum Gasteiger partial charge on any atom is 0.338 e. The number of aliphatic hydroxyl groups excluding tert-OH is 3. The van der Waals surface area contributed by atoms with Crippen molar-refractivity contribution in [3.8, 4) is 5.75 Å². The summed E-state index contributed by atoms with van der Waals surface area (Å²) in [4.78, 5) is 78.9. The van der Waals surface area contributed by atoms with Gasteiger partial charge in [0, 0.05) is 61.3 Å². The molecule has 3 amide bonds. The third-order valence-corrected chi connectivity index (χ3v) is 23.8. The molecule has 4 aliphatic heterocycles. The highest BCUT2D eigenvalue weighted by molar-refractivity contribution is 8.00. The second kappa shape index (κ2) is 34.7. The number of hydrogen-bond acceptors (Lipinski definition) is 24. The number of nitrogens with one attached hydrogen (secondary N) is 3. The lowest BCUT2D eigenvalue weighted by molar-refractivity contribution is -0.345. The van der Waals surface area contributed by atoms with E-state index in [1.54, 1.807) is 29.9 Å². The Morgan fingerprint density at radius 1 is 0.828 bits per heavy atom. The lowest BCUT2D eigenvalue weighted by Crippen LogP contribution is -2.64. The van der Waals surface area contributed by atoms with E-state index in [9.17, 15) is 49.2 Å². The maximum absolute atomic E-state index is 14.4. The van der Waals surface area contributed by atoms with E-state index in [0.29, 0.717) is 121 Å². The first kappa shape index (κ1) is 76.3. The van der Waals surface area contributed by atoms with Crippen molar-refractivity contribution in [2.75, 3.05) is 72.3 Å². The minimum Gasteiger partial charge on any atom is -0.497 e. The molecule has 8 aliphatic rings. The van der Waals surface area contributed by atoms with Crippen LogP contribution in [0.4, 0.5) is 4.79 Å². The van der Waals surface area contributed by atoms with Crippen molar-refractivity contribution < 1.29 is 101 Å². The van der Waals surface area contributed by atoms with Crippen LogP contribution in [0.3, 0.4) is 0 Å². The van der Waals surface area contributed by atoms with Gasteiger partial charge in [-0.25, -0.2) is 14.3 Å². The fourth-order valence-corrected chi connectivity index (χ4v) is 18.3. The minimum atomic E-state index is -1.76. The van der Waals surface area contributed by atoms with E-state index in [0.717, 1.165) is 44.3 Å². The molecule has 0 radical (unpaired) electrons. The molecule has 0 unspecified atom stereocenters. The SMILES string of the molecule is COc1ccc(C(=O)O[C@H]2[C@H](O[C@@H]3[C@@H](OC(C)=O)[C@H](O[C@H]4C[C@H]5[C@@H]6CC=C7C[C@@H](O)CC[C@]7(C)[C@H]6CC[C@]5(C)[C@@]4(O)[C@H](C)C(=O)CCC(C)C)OC[C@@H]3O)OC[C@@H](OC(=O)CCCc3cn(CCOCCOCCOCCNC(=O)CCCC[C@@H]4SC[C@@H]5NC(=O)N[C@@H]54)nn3)[C@@H]2O)cc1. The van der Waals surface area contributed by atoms with Gasteiger partial charge >= 0.3 is 23.9 Å². The number of allylic oxidation sites excluding steroid dienone is 1. The van der Waals surface area contributed by atoms with Crippen molar-refractivity contribution in [3.63, 3.8) is 0 Å². The van der Waals surface area contributed by atoms with Crippen LogP contribution in [0, 0.1) is 40.4 Å². The van der Waals surface area contributed by atoms with Crippen LogP contribution in [0.5, 0.6) is 5.75 Å². The summed E-state index contributed by atoms with van der Waals surface area (Å²) < 4.78 is 67.4. The van der Waals surface area contributed by atoms with Crippen LogP contribution in [-0.4, -0.2) is 228 Å². The number of aliphatic hydroxyl groups is 4. The number of hydrogen-bond donors (Lipinski definition) is 7. The number of fused-ring (bicyclic) bond motifs is 6. The number of Topliss-reactive ketones (excluding diaryl/α,β-unsaturated/α-hetero) is 1. The summed E-state index contributed by atoms with van der Waals surface area (Å²) >= 11 is 1.88. The molecule has 99 heavy (non-hydrogen) atoms. The van der Waals surface area contributed by atoms with E-state index in [1.807, 2.05) is 25.6 Å². The molecular formula is C71H106N6O21S. The molecule has 7 N–H and O–H groups in total. The molecule has 4 saturated heterocycles. The van der Waals surface area contributed by atoms with E-state index >= 15 is 0 Å². The Balaban J connectivity index is 0.697. The van der Waals surface area contributed by atoms with Crippen LogP contribution in [0.2, 0.25) is 0 Å². The molecule has 20 atom stereocenters. The number of esters is 3. The largest absolute Gasteiger partial charge is 0.497 e. The quantitative estimate of drug-likeness (QED) is 0.0155. The molecule has 27 nitrogen and oxygen atoms in total. The smallest absolute Gasteiger partial charge is 0.338 e. The molecule has 4 aliphatic carbocycles. The van der Waals surface area contributed by atoms with Crippen LogP contribution >= 0.6 is 11.8 Å². The van der Waals surface area contributed by atoms with E-state index in [4.69, 9.17) is 52.1 Å². The van der Waals surface area contributed by atoms with Gasteiger partial charge in [0.2, 0.25) is 5.91 Å². The highest BCUT2D eigenvalue weighted by atomic mass is 32.2. The average molecular weight is 1410 g/mol. The second-order valence-corrected chi connectivity index (χ2v) is 30.3. The Kier molecular flexibility index (Phi) is 26.8. The van der Waals surface area contributed by atoms with Crippen LogP contribution in [-0.2, 0) is 79.5 Å². The molecule has 0 spiro atoms. The Hall–Kier alpha value is -5.37. The normalized spacial score (nSPS) is 34.2. The molecule has 1 aromatic carbocycles. The lowest BCUT2D eigenvalue weighted by Gasteiger charge is -2.59. The first-order valence-electron chi connectivity index (χ1n) is 35.8.